The van der Waals surface area contributed by atoms with Crippen molar-refractivity contribution < 1.29 is 14.3 Å². The Morgan fingerprint density at radius 3 is 2.65 bits per heavy atom. The summed E-state index contributed by atoms with van der Waals surface area (Å²) in [6.45, 7) is 0.742. The molecule has 23 heavy (non-hydrogen) atoms. The first-order valence-electron chi connectivity index (χ1n) is 7.67. The molecule has 0 aliphatic carbocycles. The number of pyridine rings is 1. The van der Waals surface area contributed by atoms with Crippen LogP contribution in [0, 0.1) is 0 Å². The van der Waals surface area contributed by atoms with Crippen LogP contribution >= 0.6 is 0 Å². The molecule has 0 saturated carbocycles. The molecule has 1 aliphatic rings. The maximum Gasteiger partial charge on any atom is 0.258 e. The van der Waals surface area contributed by atoms with E-state index in [1.807, 2.05) is 17.0 Å². The Bertz CT molecular complexity index is 688. The number of carbonyl (C=O) groups is 1. The number of benzene rings is 1. The molecule has 5 nitrogen and oxygen atoms in total. The molecule has 1 aromatic carbocycles. The summed E-state index contributed by atoms with van der Waals surface area (Å²) >= 11 is 0. The zero-order valence-electron chi connectivity index (χ0n) is 13.4. The molecule has 1 saturated heterocycles. The van der Waals surface area contributed by atoms with Gasteiger partial charge in [0.05, 0.1) is 25.8 Å². The highest BCUT2D eigenvalue weighted by atomic mass is 16.5. The highest BCUT2D eigenvalue weighted by molar-refractivity contribution is 5.97. The number of methoxy groups -OCH3 is 2. The number of nitrogens with zero attached hydrogens (tertiary/aromatic N) is 2. The first kappa shape index (κ1) is 15.3. The highest BCUT2D eigenvalue weighted by Gasteiger charge is 2.32. The van der Waals surface area contributed by atoms with Crippen molar-refractivity contribution >= 4 is 5.91 Å². The topological polar surface area (TPSA) is 51.7 Å². The number of ether oxygens (including phenoxy) is 2. The maximum absolute atomic E-state index is 13.1. The normalized spacial score (nSPS) is 17.1. The molecule has 1 fully saturated rings. The summed E-state index contributed by atoms with van der Waals surface area (Å²) in [6, 6.07) is 9.33. The Hall–Kier alpha value is -2.56. The van der Waals surface area contributed by atoms with Gasteiger partial charge in [-0.25, -0.2) is 0 Å². The predicted molar refractivity (Wildman–Crippen MR) is 86.8 cm³/mol. The van der Waals surface area contributed by atoms with E-state index in [1.165, 1.54) is 0 Å². The molecule has 3 rings (SSSR count). The second kappa shape index (κ2) is 6.69. The zero-order valence-corrected chi connectivity index (χ0v) is 13.4. The third kappa shape index (κ3) is 2.99. The van der Waals surface area contributed by atoms with E-state index < -0.39 is 0 Å². The van der Waals surface area contributed by atoms with Gasteiger partial charge in [-0.15, -0.1) is 0 Å². The summed E-state index contributed by atoms with van der Waals surface area (Å²) in [5.74, 6) is 1.19. The summed E-state index contributed by atoms with van der Waals surface area (Å²) in [7, 11) is 3.16. The molecule has 2 aromatic rings. The molecule has 1 aliphatic heterocycles. The number of hydrogen-bond acceptors (Lipinski definition) is 4. The van der Waals surface area contributed by atoms with Crippen molar-refractivity contribution in [2.45, 2.75) is 18.9 Å². The number of hydrogen-bond donors (Lipinski definition) is 0. The zero-order chi connectivity index (χ0) is 16.2. The van der Waals surface area contributed by atoms with Crippen molar-refractivity contribution in [3.63, 3.8) is 0 Å². The van der Waals surface area contributed by atoms with Crippen LogP contribution in [-0.2, 0) is 0 Å². The Labute approximate surface area is 135 Å². The van der Waals surface area contributed by atoms with E-state index in [4.69, 9.17) is 9.47 Å². The van der Waals surface area contributed by atoms with Gasteiger partial charge in [0, 0.05) is 18.9 Å². The van der Waals surface area contributed by atoms with Crippen LogP contribution in [0.5, 0.6) is 11.5 Å². The van der Waals surface area contributed by atoms with Gasteiger partial charge in [0.25, 0.3) is 5.91 Å². The van der Waals surface area contributed by atoms with Crippen LogP contribution in [0.2, 0.25) is 0 Å². The lowest BCUT2D eigenvalue weighted by Gasteiger charge is -2.26. The summed E-state index contributed by atoms with van der Waals surface area (Å²) in [5.41, 5.74) is 1.65. The van der Waals surface area contributed by atoms with Crippen LogP contribution in [0.15, 0.2) is 42.7 Å². The molecule has 0 radical (unpaired) electrons. The Morgan fingerprint density at radius 2 is 1.96 bits per heavy atom. The number of aromatic nitrogens is 1. The minimum atomic E-state index is -0.0277. The quantitative estimate of drug-likeness (QED) is 0.870. The Kier molecular flexibility index (Phi) is 4.46. The van der Waals surface area contributed by atoms with Crippen LogP contribution in [0.25, 0.3) is 0 Å². The monoisotopic (exact) mass is 312 g/mol. The first-order chi connectivity index (χ1) is 11.2. The lowest BCUT2D eigenvalue weighted by atomic mass is 10.1. The van der Waals surface area contributed by atoms with E-state index in [-0.39, 0.29) is 11.9 Å². The highest BCUT2D eigenvalue weighted by Crippen LogP contribution is 2.35. The molecular formula is C18H20N2O3. The minimum absolute atomic E-state index is 0.0277. The summed E-state index contributed by atoms with van der Waals surface area (Å²) < 4.78 is 10.6. The van der Waals surface area contributed by atoms with Crippen molar-refractivity contribution in [1.82, 2.24) is 9.88 Å². The SMILES string of the molecule is COc1ccc(OC)c(C(=O)N2CCCC2c2ccncc2)c1. The molecule has 1 atom stereocenters. The first-order valence-corrected chi connectivity index (χ1v) is 7.67. The summed E-state index contributed by atoms with van der Waals surface area (Å²) in [6.07, 6.45) is 5.48. The van der Waals surface area contributed by atoms with Gasteiger partial charge in [0.1, 0.15) is 11.5 Å². The average Bonchev–Trinajstić information content (AvgIpc) is 3.11. The fourth-order valence-corrected chi connectivity index (χ4v) is 3.08. The Morgan fingerprint density at radius 1 is 1.17 bits per heavy atom. The van der Waals surface area contributed by atoms with Gasteiger partial charge in [-0.2, -0.15) is 0 Å². The van der Waals surface area contributed by atoms with Crippen molar-refractivity contribution in [3.05, 3.63) is 53.9 Å². The van der Waals surface area contributed by atoms with Crippen LogP contribution < -0.4 is 9.47 Å². The molecule has 0 bridgehead atoms. The van der Waals surface area contributed by atoms with E-state index in [9.17, 15) is 4.79 Å². The number of likely N-dealkylation sites (tertiary alicyclic amines) is 1. The van der Waals surface area contributed by atoms with Crippen molar-refractivity contribution in [2.24, 2.45) is 0 Å². The van der Waals surface area contributed by atoms with Gasteiger partial charge in [-0.3, -0.25) is 9.78 Å². The van der Waals surface area contributed by atoms with Crippen LogP contribution in [-0.4, -0.2) is 36.6 Å². The third-order valence-electron chi connectivity index (χ3n) is 4.24. The van der Waals surface area contributed by atoms with Gasteiger partial charge in [0.15, 0.2) is 0 Å². The molecule has 2 heterocycles. The molecule has 120 valence electrons. The Balaban J connectivity index is 1.93. The maximum atomic E-state index is 13.1. The number of rotatable bonds is 4. The average molecular weight is 312 g/mol. The molecule has 0 N–H and O–H groups in total. The van der Waals surface area contributed by atoms with Gasteiger partial charge >= 0.3 is 0 Å². The molecule has 1 aromatic heterocycles. The van der Waals surface area contributed by atoms with Gasteiger partial charge in [-0.1, -0.05) is 0 Å². The van der Waals surface area contributed by atoms with E-state index in [0.717, 1.165) is 24.9 Å². The second-order valence-corrected chi connectivity index (χ2v) is 5.50. The molecule has 5 heteroatoms. The second-order valence-electron chi connectivity index (χ2n) is 5.50. The minimum Gasteiger partial charge on any atom is -0.497 e. The predicted octanol–water partition coefficient (Wildman–Crippen LogP) is 3.08. The third-order valence-corrected chi connectivity index (χ3v) is 4.24. The number of carbonyl (C=O) groups excluding carboxylic acids is 1. The van der Waals surface area contributed by atoms with Crippen molar-refractivity contribution in [1.29, 1.82) is 0 Å². The smallest absolute Gasteiger partial charge is 0.258 e. The lowest BCUT2D eigenvalue weighted by Crippen LogP contribution is -2.30. The fourth-order valence-electron chi connectivity index (χ4n) is 3.08. The van der Waals surface area contributed by atoms with E-state index in [2.05, 4.69) is 4.98 Å². The van der Waals surface area contributed by atoms with Crippen molar-refractivity contribution in [2.75, 3.05) is 20.8 Å². The van der Waals surface area contributed by atoms with Gasteiger partial charge in [-0.05, 0) is 48.7 Å². The molecule has 1 amide bonds. The molecular weight excluding hydrogens is 292 g/mol. The van der Waals surface area contributed by atoms with E-state index in [0.29, 0.717) is 17.1 Å². The van der Waals surface area contributed by atoms with Gasteiger partial charge in [0.2, 0.25) is 0 Å². The van der Waals surface area contributed by atoms with E-state index in [1.54, 1.807) is 44.8 Å². The summed E-state index contributed by atoms with van der Waals surface area (Å²) in [5, 5.41) is 0. The van der Waals surface area contributed by atoms with E-state index >= 15 is 0 Å². The van der Waals surface area contributed by atoms with Crippen molar-refractivity contribution in [3.8, 4) is 11.5 Å². The molecule has 1 unspecified atom stereocenters. The van der Waals surface area contributed by atoms with Gasteiger partial charge < -0.3 is 14.4 Å². The number of amides is 1. The largest absolute Gasteiger partial charge is 0.497 e. The fraction of sp³-hybridized carbons (Fsp3) is 0.333. The van der Waals surface area contributed by atoms with Crippen LogP contribution in [0.3, 0.4) is 0 Å². The lowest BCUT2D eigenvalue weighted by molar-refractivity contribution is 0.0732. The summed E-state index contributed by atoms with van der Waals surface area (Å²) in [4.78, 5) is 19.0. The van der Waals surface area contributed by atoms with Crippen LogP contribution in [0.1, 0.15) is 34.8 Å². The standard InChI is InChI=1S/C18H20N2O3/c1-22-14-5-6-17(23-2)15(12-14)18(21)20-11-3-4-16(20)13-7-9-19-10-8-13/h5-10,12,16H,3-4,11H2,1-2H3. The molecule has 0 spiro atoms. The van der Waals surface area contributed by atoms with Crippen LogP contribution in [0.4, 0.5) is 0 Å².